The first kappa shape index (κ1) is 23.5. The predicted octanol–water partition coefficient (Wildman–Crippen LogP) is 6.40. The van der Waals surface area contributed by atoms with Gasteiger partial charge in [-0.15, -0.1) is 0 Å². The molecule has 0 atom stereocenters. The molecule has 2 aromatic carbocycles. The van der Waals surface area contributed by atoms with Crippen molar-refractivity contribution in [3.63, 3.8) is 0 Å². The number of halogens is 2. The number of fused-ring (bicyclic) bond motifs is 1. The minimum atomic E-state index is -0.268. The van der Waals surface area contributed by atoms with Gasteiger partial charge in [0.1, 0.15) is 5.82 Å². The fraction of sp³-hybridized carbons (Fsp3) is 0.360. The molecule has 0 aliphatic heterocycles. The average molecular weight is 486 g/mol. The van der Waals surface area contributed by atoms with Gasteiger partial charge in [0.2, 0.25) is 0 Å². The molecule has 0 bridgehead atoms. The predicted molar refractivity (Wildman–Crippen MR) is 139 cm³/mol. The van der Waals surface area contributed by atoms with Crippen LogP contribution in [0.4, 0.5) is 22.0 Å². The summed E-state index contributed by atoms with van der Waals surface area (Å²) in [6.07, 6.45) is 4.17. The van der Waals surface area contributed by atoms with Crippen LogP contribution < -0.4 is 20.9 Å². The van der Waals surface area contributed by atoms with Gasteiger partial charge in [0.15, 0.2) is 0 Å². The van der Waals surface area contributed by atoms with E-state index < -0.39 is 0 Å². The molecule has 8 heteroatoms. The first-order chi connectivity index (χ1) is 15.9. The minimum Gasteiger partial charge on any atom is -0.377 e. The Kier molecular flexibility index (Phi) is 7.46. The van der Waals surface area contributed by atoms with E-state index >= 15 is 0 Å². The van der Waals surface area contributed by atoms with Crippen LogP contribution in [0.25, 0.3) is 10.9 Å². The van der Waals surface area contributed by atoms with E-state index in [4.69, 9.17) is 28.2 Å². The fourth-order valence-electron chi connectivity index (χ4n) is 4.32. The molecule has 0 saturated heterocycles. The zero-order valence-electron chi connectivity index (χ0n) is 18.9. The van der Waals surface area contributed by atoms with Crippen LogP contribution in [0.3, 0.4) is 0 Å². The summed E-state index contributed by atoms with van der Waals surface area (Å²) in [5.41, 5.74) is 2.66. The monoisotopic (exact) mass is 485 g/mol. The van der Waals surface area contributed by atoms with Crippen LogP contribution in [0.1, 0.15) is 25.7 Å². The Morgan fingerprint density at radius 1 is 1.06 bits per heavy atom. The average Bonchev–Trinajstić information content (AvgIpc) is 2.81. The molecule has 2 amide bonds. The molecular weight excluding hydrogens is 457 g/mol. The zero-order valence-corrected chi connectivity index (χ0v) is 20.4. The van der Waals surface area contributed by atoms with Crippen LogP contribution >= 0.6 is 23.2 Å². The molecule has 3 aromatic rings. The van der Waals surface area contributed by atoms with Crippen LogP contribution in [-0.2, 0) is 0 Å². The molecule has 1 heterocycles. The maximum Gasteiger partial charge on any atom is 0.319 e. The first-order valence-corrected chi connectivity index (χ1v) is 12.0. The van der Waals surface area contributed by atoms with Gasteiger partial charge in [0.05, 0.1) is 21.2 Å². The Labute approximate surface area is 204 Å². The first-order valence-electron chi connectivity index (χ1n) is 11.2. The number of benzene rings is 2. The highest BCUT2D eigenvalue weighted by molar-refractivity contribution is 6.43. The summed E-state index contributed by atoms with van der Waals surface area (Å²) in [6.45, 7) is 0.635. The van der Waals surface area contributed by atoms with E-state index in [1.807, 2.05) is 12.1 Å². The Hall–Kier alpha value is -2.70. The van der Waals surface area contributed by atoms with E-state index in [0.29, 0.717) is 34.2 Å². The molecular formula is C25H29Cl2N5O. The van der Waals surface area contributed by atoms with Gasteiger partial charge in [-0.3, -0.25) is 0 Å². The quantitative estimate of drug-likeness (QED) is 0.377. The number of para-hydroxylation sites is 1. The summed E-state index contributed by atoms with van der Waals surface area (Å²) in [6, 6.07) is 15.6. The lowest BCUT2D eigenvalue weighted by Crippen LogP contribution is -2.36. The summed E-state index contributed by atoms with van der Waals surface area (Å²) >= 11 is 12.1. The number of anilines is 3. The van der Waals surface area contributed by atoms with Crippen LogP contribution in [0.5, 0.6) is 0 Å². The Bertz CT molecular complexity index is 1130. The Morgan fingerprint density at radius 2 is 1.82 bits per heavy atom. The van der Waals surface area contributed by atoms with Crippen molar-refractivity contribution in [3.05, 3.63) is 58.6 Å². The van der Waals surface area contributed by atoms with Crippen molar-refractivity contribution in [1.29, 1.82) is 0 Å². The topological polar surface area (TPSA) is 69.3 Å². The molecule has 0 radical (unpaired) electrons. The molecule has 1 aromatic heterocycles. The van der Waals surface area contributed by atoms with Crippen LogP contribution in [0.2, 0.25) is 10.0 Å². The second-order valence-electron chi connectivity index (χ2n) is 8.74. The van der Waals surface area contributed by atoms with Crippen molar-refractivity contribution in [1.82, 2.24) is 10.3 Å². The minimum absolute atomic E-state index is 0.268. The lowest BCUT2D eigenvalue weighted by atomic mass is 9.86. The van der Waals surface area contributed by atoms with Gasteiger partial charge >= 0.3 is 6.03 Å². The molecule has 1 aliphatic rings. The van der Waals surface area contributed by atoms with Crippen molar-refractivity contribution in [2.75, 3.05) is 36.2 Å². The van der Waals surface area contributed by atoms with Crippen LogP contribution in [0.15, 0.2) is 48.5 Å². The molecule has 0 spiro atoms. The number of pyridine rings is 1. The van der Waals surface area contributed by atoms with Gasteiger partial charge in [-0.05, 0) is 49.8 Å². The Morgan fingerprint density at radius 3 is 2.58 bits per heavy atom. The molecule has 1 aliphatic carbocycles. The second kappa shape index (κ2) is 10.5. The SMILES string of the molecule is CN(C)c1cc(NC2CCC(CNC(=O)Nc3cccc(Cl)c3Cl)CC2)nc2ccccc12. The lowest BCUT2D eigenvalue weighted by Gasteiger charge is -2.30. The number of hydrogen-bond acceptors (Lipinski definition) is 4. The highest BCUT2D eigenvalue weighted by atomic mass is 35.5. The van der Waals surface area contributed by atoms with Crippen molar-refractivity contribution < 1.29 is 4.79 Å². The van der Waals surface area contributed by atoms with Crippen molar-refractivity contribution in [3.8, 4) is 0 Å². The number of hydrogen-bond donors (Lipinski definition) is 3. The van der Waals surface area contributed by atoms with Crippen molar-refractivity contribution in [2.24, 2.45) is 5.92 Å². The number of carbonyl (C=O) groups excluding carboxylic acids is 1. The smallest absolute Gasteiger partial charge is 0.319 e. The molecule has 174 valence electrons. The number of nitrogens with one attached hydrogen (secondary N) is 3. The zero-order chi connectivity index (χ0) is 23.4. The number of urea groups is 1. The van der Waals surface area contributed by atoms with Crippen molar-refractivity contribution >= 4 is 57.3 Å². The number of rotatable bonds is 6. The van der Waals surface area contributed by atoms with Gasteiger partial charge < -0.3 is 20.9 Å². The number of carbonyl (C=O) groups is 1. The lowest BCUT2D eigenvalue weighted by molar-refractivity contribution is 0.246. The van der Waals surface area contributed by atoms with E-state index in [9.17, 15) is 4.79 Å². The fourth-order valence-corrected chi connectivity index (χ4v) is 4.67. The van der Waals surface area contributed by atoms with E-state index in [2.05, 4.69) is 53.1 Å². The third kappa shape index (κ3) is 5.81. The maximum absolute atomic E-state index is 12.3. The highest BCUT2D eigenvalue weighted by Crippen LogP contribution is 2.31. The molecule has 0 unspecified atom stereocenters. The molecule has 33 heavy (non-hydrogen) atoms. The second-order valence-corrected chi connectivity index (χ2v) is 9.52. The van der Waals surface area contributed by atoms with Crippen molar-refractivity contribution in [2.45, 2.75) is 31.7 Å². The largest absolute Gasteiger partial charge is 0.377 e. The third-order valence-electron chi connectivity index (χ3n) is 6.13. The van der Waals surface area contributed by atoms with E-state index in [0.717, 1.165) is 48.1 Å². The van der Waals surface area contributed by atoms with Gasteiger partial charge in [0.25, 0.3) is 0 Å². The van der Waals surface area contributed by atoms with E-state index in [1.165, 1.54) is 0 Å². The number of amides is 2. The van der Waals surface area contributed by atoms with Crippen LogP contribution in [-0.4, -0.2) is 37.7 Å². The summed E-state index contributed by atoms with van der Waals surface area (Å²) in [5.74, 6) is 1.36. The van der Waals surface area contributed by atoms with E-state index in [1.54, 1.807) is 18.2 Å². The molecule has 1 fully saturated rings. The number of nitrogens with zero attached hydrogens (tertiary/aromatic N) is 2. The summed E-state index contributed by atoms with van der Waals surface area (Å²) < 4.78 is 0. The summed E-state index contributed by atoms with van der Waals surface area (Å²) in [5, 5.41) is 11.3. The van der Waals surface area contributed by atoms with Gasteiger partial charge in [-0.1, -0.05) is 47.5 Å². The molecule has 3 N–H and O–H groups in total. The maximum atomic E-state index is 12.3. The Balaban J connectivity index is 1.28. The van der Waals surface area contributed by atoms with Gasteiger partial charge in [-0.25, -0.2) is 9.78 Å². The van der Waals surface area contributed by atoms with Gasteiger partial charge in [0, 0.05) is 43.8 Å². The summed E-state index contributed by atoms with van der Waals surface area (Å²) in [4.78, 5) is 19.2. The van der Waals surface area contributed by atoms with Crippen LogP contribution in [0, 0.1) is 5.92 Å². The van der Waals surface area contributed by atoms with Gasteiger partial charge in [-0.2, -0.15) is 0 Å². The standard InChI is InChI=1S/C25H29Cl2N5O/c1-32(2)22-14-23(30-20-8-4-3-6-18(20)22)29-17-12-10-16(11-13-17)15-28-25(33)31-21-9-5-7-19(26)24(21)27/h3-9,14,16-17H,10-13,15H2,1-2H3,(H,29,30)(H2,28,31,33). The molecule has 4 rings (SSSR count). The molecule has 1 saturated carbocycles. The normalized spacial score (nSPS) is 18.1. The molecule has 6 nitrogen and oxygen atoms in total. The third-order valence-corrected chi connectivity index (χ3v) is 6.94. The van der Waals surface area contributed by atoms with E-state index in [-0.39, 0.29) is 6.03 Å². The highest BCUT2D eigenvalue weighted by Gasteiger charge is 2.22. The number of aromatic nitrogens is 1. The summed E-state index contributed by atoms with van der Waals surface area (Å²) in [7, 11) is 4.11.